The molecule has 2 heteroatoms. The van der Waals surface area contributed by atoms with Gasteiger partial charge in [-0.1, -0.05) is 24.3 Å². The molecule has 0 unspecified atom stereocenters. The van der Waals surface area contributed by atoms with Gasteiger partial charge in [-0.15, -0.1) is 0 Å². The van der Waals surface area contributed by atoms with Crippen LogP contribution >= 0.6 is 0 Å². The number of isocyanates is 1. The fourth-order valence-corrected chi connectivity index (χ4v) is 1.74. The molecule has 1 aromatic rings. The van der Waals surface area contributed by atoms with E-state index in [1.807, 2.05) is 18.2 Å². The fourth-order valence-electron chi connectivity index (χ4n) is 1.74. The van der Waals surface area contributed by atoms with E-state index in [1.54, 1.807) is 6.08 Å². The van der Waals surface area contributed by atoms with Crippen molar-refractivity contribution in [3.05, 3.63) is 35.4 Å². The Morgan fingerprint density at radius 1 is 1.38 bits per heavy atom. The van der Waals surface area contributed by atoms with Crippen LogP contribution in [0.15, 0.2) is 29.3 Å². The van der Waals surface area contributed by atoms with Gasteiger partial charge in [-0.25, -0.2) is 4.79 Å². The van der Waals surface area contributed by atoms with E-state index in [0.717, 1.165) is 12.8 Å². The normalized spacial score (nSPS) is 17.6. The molecule has 1 saturated carbocycles. The lowest BCUT2D eigenvalue weighted by atomic mass is 10.0. The van der Waals surface area contributed by atoms with Crippen LogP contribution < -0.4 is 0 Å². The van der Waals surface area contributed by atoms with Crippen molar-refractivity contribution in [1.29, 1.82) is 0 Å². The van der Waals surface area contributed by atoms with Gasteiger partial charge in [0.05, 0.1) is 5.54 Å². The van der Waals surface area contributed by atoms with Crippen LogP contribution in [0.3, 0.4) is 0 Å². The number of hydrogen-bond donors (Lipinski definition) is 0. The summed E-state index contributed by atoms with van der Waals surface area (Å²) in [6, 6.07) is 8.08. The molecule has 0 radical (unpaired) electrons. The topological polar surface area (TPSA) is 29.4 Å². The number of hydrogen-bond acceptors (Lipinski definition) is 2. The summed E-state index contributed by atoms with van der Waals surface area (Å²) in [5.74, 6) is 0. The van der Waals surface area contributed by atoms with E-state index in [9.17, 15) is 4.79 Å². The van der Waals surface area contributed by atoms with Crippen LogP contribution in [0, 0.1) is 6.92 Å². The SMILES string of the molecule is Cc1ccccc1C1(N=C=O)CC1. The summed E-state index contributed by atoms with van der Waals surface area (Å²) in [6.45, 7) is 2.05. The van der Waals surface area contributed by atoms with Gasteiger partial charge in [-0.05, 0) is 30.9 Å². The smallest absolute Gasteiger partial charge is 0.211 e. The Kier molecular flexibility index (Phi) is 1.78. The fraction of sp³-hybridized carbons (Fsp3) is 0.364. The summed E-state index contributed by atoms with van der Waals surface area (Å²) in [7, 11) is 0. The molecule has 0 atom stereocenters. The van der Waals surface area contributed by atoms with Crippen molar-refractivity contribution >= 4 is 6.08 Å². The largest absolute Gasteiger partial charge is 0.235 e. The summed E-state index contributed by atoms with van der Waals surface area (Å²) in [6.07, 6.45) is 3.63. The zero-order valence-electron chi connectivity index (χ0n) is 7.58. The number of benzene rings is 1. The molecule has 13 heavy (non-hydrogen) atoms. The molecule has 0 spiro atoms. The van der Waals surface area contributed by atoms with Crippen molar-refractivity contribution in [3.63, 3.8) is 0 Å². The molecule has 66 valence electrons. The van der Waals surface area contributed by atoms with E-state index < -0.39 is 0 Å². The lowest BCUT2D eigenvalue weighted by Gasteiger charge is -2.10. The standard InChI is InChI=1S/C11H11NO/c1-9-4-2-3-5-10(9)11(6-7-11)12-8-13/h2-5H,6-7H2,1H3. The molecule has 0 N–H and O–H groups in total. The van der Waals surface area contributed by atoms with Gasteiger partial charge in [0.1, 0.15) is 0 Å². The van der Waals surface area contributed by atoms with E-state index in [-0.39, 0.29) is 5.54 Å². The molecule has 0 saturated heterocycles. The number of aryl methyl sites for hydroxylation is 1. The average Bonchev–Trinajstić information content (AvgIpc) is 2.87. The Labute approximate surface area is 77.3 Å². The van der Waals surface area contributed by atoms with Gasteiger partial charge >= 0.3 is 0 Å². The van der Waals surface area contributed by atoms with Gasteiger partial charge in [0, 0.05) is 0 Å². The second-order valence-electron chi connectivity index (χ2n) is 3.55. The summed E-state index contributed by atoms with van der Waals surface area (Å²) in [4.78, 5) is 14.1. The molecule has 0 aliphatic heterocycles. The van der Waals surface area contributed by atoms with E-state index in [1.165, 1.54) is 11.1 Å². The van der Waals surface area contributed by atoms with E-state index >= 15 is 0 Å². The number of aliphatic imine (C=N–C) groups is 1. The van der Waals surface area contributed by atoms with Crippen molar-refractivity contribution in [2.75, 3.05) is 0 Å². The Bertz CT molecular complexity index is 373. The molecule has 0 amide bonds. The molecular weight excluding hydrogens is 162 g/mol. The Hall–Kier alpha value is -1.40. The predicted octanol–water partition coefficient (Wildman–Crippen LogP) is 2.32. The number of nitrogens with zero attached hydrogens (tertiary/aromatic N) is 1. The predicted molar refractivity (Wildman–Crippen MR) is 50.2 cm³/mol. The summed E-state index contributed by atoms with van der Waals surface area (Å²) in [5, 5.41) is 0. The van der Waals surface area contributed by atoms with Crippen LogP contribution in [-0.4, -0.2) is 6.08 Å². The molecule has 1 aromatic carbocycles. The minimum atomic E-state index is -0.215. The minimum Gasteiger partial charge on any atom is -0.211 e. The molecule has 0 aromatic heterocycles. The molecule has 1 fully saturated rings. The Morgan fingerprint density at radius 2 is 2.08 bits per heavy atom. The highest BCUT2D eigenvalue weighted by Gasteiger charge is 2.45. The van der Waals surface area contributed by atoms with Crippen LogP contribution in [0.1, 0.15) is 24.0 Å². The number of carbonyl (C=O) groups excluding carboxylic acids is 1. The molecule has 2 nitrogen and oxygen atoms in total. The van der Waals surface area contributed by atoms with Crippen LogP contribution in [0.25, 0.3) is 0 Å². The van der Waals surface area contributed by atoms with Crippen LogP contribution in [-0.2, 0) is 10.3 Å². The van der Waals surface area contributed by atoms with Crippen LogP contribution in [0.2, 0.25) is 0 Å². The first-order valence-corrected chi connectivity index (χ1v) is 4.44. The minimum absolute atomic E-state index is 0.215. The maximum absolute atomic E-state index is 10.3. The molecule has 0 heterocycles. The summed E-state index contributed by atoms with van der Waals surface area (Å²) < 4.78 is 0. The third-order valence-corrected chi connectivity index (χ3v) is 2.63. The number of rotatable bonds is 2. The first-order valence-electron chi connectivity index (χ1n) is 4.44. The van der Waals surface area contributed by atoms with Crippen LogP contribution in [0.5, 0.6) is 0 Å². The second kappa shape index (κ2) is 2.82. The average molecular weight is 173 g/mol. The van der Waals surface area contributed by atoms with Crippen molar-refractivity contribution < 1.29 is 4.79 Å². The second-order valence-corrected chi connectivity index (χ2v) is 3.55. The van der Waals surface area contributed by atoms with Gasteiger partial charge in [-0.3, -0.25) is 0 Å². The monoisotopic (exact) mass is 173 g/mol. The lowest BCUT2D eigenvalue weighted by Crippen LogP contribution is -2.04. The third-order valence-electron chi connectivity index (χ3n) is 2.63. The van der Waals surface area contributed by atoms with Gasteiger partial charge in [-0.2, -0.15) is 4.99 Å². The first-order chi connectivity index (χ1) is 6.28. The maximum atomic E-state index is 10.3. The van der Waals surface area contributed by atoms with Crippen molar-refractivity contribution in [2.45, 2.75) is 25.3 Å². The lowest BCUT2D eigenvalue weighted by molar-refractivity contribution is 0.556. The highest BCUT2D eigenvalue weighted by molar-refractivity contribution is 5.43. The van der Waals surface area contributed by atoms with E-state index in [4.69, 9.17) is 0 Å². The zero-order chi connectivity index (χ0) is 9.31. The Morgan fingerprint density at radius 3 is 2.62 bits per heavy atom. The van der Waals surface area contributed by atoms with E-state index in [0.29, 0.717) is 0 Å². The maximum Gasteiger partial charge on any atom is 0.235 e. The van der Waals surface area contributed by atoms with Gasteiger partial charge in [0.15, 0.2) is 0 Å². The van der Waals surface area contributed by atoms with Gasteiger partial charge < -0.3 is 0 Å². The zero-order valence-corrected chi connectivity index (χ0v) is 7.58. The summed E-state index contributed by atoms with van der Waals surface area (Å²) >= 11 is 0. The van der Waals surface area contributed by atoms with Crippen molar-refractivity contribution in [2.24, 2.45) is 4.99 Å². The van der Waals surface area contributed by atoms with E-state index in [2.05, 4.69) is 18.0 Å². The molecule has 2 rings (SSSR count). The van der Waals surface area contributed by atoms with Crippen molar-refractivity contribution in [1.82, 2.24) is 0 Å². The van der Waals surface area contributed by atoms with Gasteiger partial charge in [0.25, 0.3) is 0 Å². The first kappa shape index (κ1) is 8.21. The Balaban J connectivity index is 2.46. The third kappa shape index (κ3) is 1.30. The van der Waals surface area contributed by atoms with Gasteiger partial charge in [0.2, 0.25) is 6.08 Å². The highest BCUT2D eigenvalue weighted by atomic mass is 16.1. The molecule has 0 bridgehead atoms. The highest BCUT2D eigenvalue weighted by Crippen LogP contribution is 2.50. The van der Waals surface area contributed by atoms with Crippen LogP contribution in [0.4, 0.5) is 0 Å². The van der Waals surface area contributed by atoms with Crippen molar-refractivity contribution in [3.8, 4) is 0 Å². The molecule has 1 aliphatic carbocycles. The molecular formula is C11H11NO. The quantitative estimate of drug-likeness (QED) is 0.498. The summed E-state index contributed by atoms with van der Waals surface area (Å²) in [5.41, 5.74) is 2.17. The molecule has 1 aliphatic rings.